The smallest absolute Gasteiger partial charge is 0.264 e. The number of alkyl halides is 2. The highest BCUT2D eigenvalue weighted by atomic mass is 19.3. The van der Waals surface area contributed by atoms with Gasteiger partial charge in [0, 0.05) is 36.6 Å². The molecule has 2 aromatic rings. The maximum absolute atomic E-state index is 13.3. The quantitative estimate of drug-likeness (QED) is 0.900. The monoisotopic (exact) mass is 263 g/mol. The first kappa shape index (κ1) is 12.1. The lowest BCUT2D eigenvalue weighted by Gasteiger charge is -2.29. The van der Waals surface area contributed by atoms with Crippen molar-refractivity contribution in [2.45, 2.75) is 19.3 Å². The van der Waals surface area contributed by atoms with Gasteiger partial charge in [0.05, 0.1) is 6.20 Å². The molecule has 0 saturated carbocycles. The van der Waals surface area contributed by atoms with Crippen LogP contribution in [0.15, 0.2) is 24.5 Å². The van der Waals surface area contributed by atoms with Gasteiger partial charge in [-0.25, -0.2) is 8.78 Å². The number of aromatic nitrogens is 2. The zero-order valence-electron chi connectivity index (χ0n) is 10.7. The molecule has 1 aliphatic heterocycles. The molecule has 0 atom stereocenters. The van der Waals surface area contributed by atoms with Gasteiger partial charge in [-0.2, -0.15) is 5.10 Å². The standard InChI is InChI=1S/C14H15F2N3/c1-19-4-2-3-9-5-11(10-7-17-18-8-10)12(14(15)16)6-13(9)19/h5-8,14H,2-4H2,1H3,(H,17,18). The minimum absolute atomic E-state index is 0.0777. The Labute approximate surface area is 110 Å². The summed E-state index contributed by atoms with van der Waals surface area (Å²) in [7, 11) is 1.95. The zero-order valence-corrected chi connectivity index (χ0v) is 10.7. The van der Waals surface area contributed by atoms with Crippen molar-refractivity contribution in [1.82, 2.24) is 10.2 Å². The van der Waals surface area contributed by atoms with Gasteiger partial charge < -0.3 is 4.90 Å². The lowest BCUT2D eigenvalue weighted by Crippen LogP contribution is -2.25. The summed E-state index contributed by atoms with van der Waals surface area (Å²) in [4.78, 5) is 2.05. The Kier molecular flexibility index (Phi) is 2.97. The van der Waals surface area contributed by atoms with Crippen LogP contribution in [0.25, 0.3) is 11.1 Å². The Morgan fingerprint density at radius 1 is 1.37 bits per heavy atom. The maximum Gasteiger partial charge on any atom is 0.264 e. The lowest BCUT2D eigenvalue weighted by atomic mass is 9.93. The van der Waals surface area contributed by atoms with E-state index in [0.717, 1.165) is 30.6 Å². The summed E-state index contributed by atoms with van der Waals surface area (Å²) in [6.45, 7) is 0.917. The highest BCUT2D eigenvalue weighted by molar-refractivity contribution is 5.73. The predicted molar refractivity (Wildman–Crippen MR) is 70.6 cm³/mol. The van der Waals surface area contributed by atoms with E-state index >= 15 is 0 Å². The SMILES string of the molecule is CN1CCCc2cc(-c3cn[nH]c3)c(C(F)F)cc21. The van der Waals surface area contributed by atoms with Crippen LogP contribution in [0.4, 0.5) is 14.5 Å². The first-order valence-electron chi connectivity index (χ1n) is 6.32. The van der Waals surface area contributed by atoms with E-state index in [4.69, 9.17) is 0 Å². The molecule has 0 fully saturated rings. The molecule has 0 saturated heterocycles. The minimum atomic E-state index is -2.48. The number of nitrogens with zero attached hydrogens (tertiary/aromatic N) is 2. The number of hydrogen-bond donors (Lipinski definition) is 1. The van der Waals surface area contributed by atoms with E-state index in [1.54, 1.807) is 18.5 Å². The second-order valence-corrected chi connectivity index (χ2v) is 4.88. The number of hydrogen-bond acceptors (Lipinski definition) is 2. The van der Waals surface area contributed by atoms with Gasteiger partial charge in [0.15, 0.2) is 0 Å². The number of halogens is 2. The molecular weight excluding hydrogens is 248 g/mol. The predicted octanol–water partition coefficient (Wildman–Crippen LogP) is 3.40. The molecule has 0 radical (unpaired) electrons. The van der Waals surface area contributed by atoms with Crippen LogP contribution >= 0.6 is 0 Å². The Morgan fingerprint density at radius 2 is 2.21 bits per heavy atom. The molecule has 0 amide bonds. The van der Waals surface area contributed by atoms with Gasteiger partial charge in [-0.05, 0) is 36.1 Å². The Balaban J connectivity index is 2.18. The van der Waals surface area contributed by atoms with Crippen LogP contribution in [0, 0.1) is 0 Å². The van der Waals surface area contributed by atoms with Crippen LogP contribution in [0.3, 0.4) is 0 Å². The van der Waals surface area contributed by atoms with Crippen LogP contribution in [-0.4, -0.2) is 23.8 Å². The van der Waals surface area contributed by atoms with Gasteiger partial charge in [-0.15, -0.1) is 0 Å². The van der Waals surface area contributed by atoms with Crippen molar-refractivity contribution in [2.24, 2.45) is 0 Å². The largest absolute Gasteiger partial charge is 0.374 e. The molecule has 1 aliphatic rings. The summed E-state index contributed by atoms with van der Waals surface area (Å²) in [6, 6.07) is 3.51. The van der Waals surface area contributed by atoms with Crippen molar-refractivity contribution in [1.29, 1.82) is 0 Å². The highest BCUT2D eigenvalue weighted by Crippen LogP contribution is 2.38. The topological polar surface area (TPSA) is 31.9 Å². The maximum atomic E-state index is 13.3. The average Bonchev–Trinajstić information content (AvgIpc) is 2.91. The number of anilines is 1. The molecule has 0 bridgehead atoms. The van der Waals surface area contributed by atoms with Crippen molar-refractivity contribution >= 4 is 5.69 Å². The van der Waals surface area contributed by atoms with E-state index in [1.807, 2.05) is 18.0 Å². The van der Waals surface area contributed by atoms with E-state index in [0.29, 0.717) is 11.1 Å². The van der Waals surface area contributed by atoms with Gasteiger partial charge in [0.2, 0.25) is 0 Å². The number of nitrogens with one attached hydrogen (secondary N) is 1. The second-order valence-electron chi connectivity index (χ2n) is 4.88. The first-order valence-corrected chi connectivity index (χ1v) is 6.32. The van der Waals surface area contributed by atoms with E-state index in [9.17, 15) is 8.78 Å². The molecule has 100 valence electrons. The lowest BCUT2D eigenvalue weighted by molar-refractivity contribution is 0.152. The van der Waals surface area contributed by atoms with Crippen molar-refractivity contribution in [3.63, 3.8) is 0 Å². The molecule has 5 heteroatoms. The molecule has 19 heavy (non-hydrogen) atoms. The van der Waals surface area contributed by atoms with E-state index in [2.05, 4.69) is 10.2 Å². The second kappa shape index (κ2) is 4.64. The van der Waals surface area contributed by atoms with Gasteiger partial charge in [-0.3, -0.25) is 5.10 Å². The fourth-order valence-corrected chi connectivity index (χ4v) is 2.66. The zero-order chi connectivity index (χ0) is 13.4. The third kappa shape index (κ3) is 2.09. The number of aromatic amines is 1. The summed E-state index contributed by atoms with van der Waals surface area (Å²) >= 11 is 0. The number of aryl methyl sites for hydroxylation is 1. The molecule has 3 nitrogen and oxygen atoms in total. The summed E-state index contributed by atoms with van der Waals surface area (Å²) in [5.74, 6) is 0. The molecule has 3 rings (SSSR count). The third-order valence-electron chi connectivity index (χ3n) is 3.65. The van der Waals surface area contributed by atoms with Crippen molar-refractivity contribution in [3.8, 4) is 11.1 Å². The van der Waals surface area contributed by atoms with Gasteiger partial charge >= 0.3 is 0 Å². The number of benzene rings is 1. The summed E-state index contributed by atoms with van der Waals surface area (Å²) in [5.41, 5.74) is 3.43. The van der Waals surface area contributed by atoms with Gasteiger partial charge in [0.1, 0.15) is 0 Å². The van der Waals surface area contributed by atoms with E-state index in [-0.39, 0.29) is 5.56 Å². The molecule has 0 spiro atoms. The third-order valence-corrected chi connectivity index (χ3v) is 3.65. The average molecular weight is 263 g/mol. The molecule has 0 aliphatic carbocycles. The van der Waals surface area contributed by atoms with E-state index in [1.165, 1.54) is 0 Å². The minimum Gasteiger partial charge on any atom is -0.374 e. The Morgan fingerprint density at radius 3 is 2.89 bits per heavy atom. The van der Waals surface area contributed by atoms with Crippen LogP contribution < -0.4 is 4.90 Å². The van der Waals surface area contributed by atoms with Crippen molar-refractivity contribution in [3.05, 3.63) is 35.7 Å². The molecular formula is C14H15F2N3. The van der Waals surface area contributed by atoms with Crippen LogP contribution in [0.2, 0.25) is 0 Å². The van der Waals surface area contributed by atoms with Gasteiger partial charge in [-0.1, -0.05) is 0 Å². The van der Waals surface area contributed by atoms with Crippen LogP contribution in [0.1, 0.15) is 24.0 Å². The number of fused-ring (bicyclic) bond motifs is 1. The molecule has 1 aromatic carbocycles. The highest BCUT2D eigenvalue weighted by Gasteiger charge is 2.21. The van der Waals surface area contributed by atoms with Crippen molar-refractivity contribution < 1.29 is 8.78 Å². The summed E-state index contributed by atoms with van der Waals surface area (Å²) in [5, 5.41) is 6.52. The van der Waals surface area contributed by atoms with Crippen LogP contribution in [0.5, 0.6) is 0 Å². The first-order chi connectivity index (χ1) is 9.16. The molecule has 0 unspecified atom stereocenters. The Bertz CT molecular complexity index is 579. The fourth-order valence-electron chi connectivity index (χ4n) is 2.66. The Hall–Kier alpha value is -1.91. The number of H-pyrrole nitrogens is 1. The summed E-state index contributed by atoms with van der Waals surface area (Å²) in [6.07, 6.45) is 2.75. The van der Waals surface area contributed by atoms with Crippen molar-refractivity contribution in [2.75, 3.05) is 18.5 Å². The normalized spacial score (nSPS) is 14.8. The van der Waals surface area contributed by atoms with Crippen LogP contribution in [-0.2, 0) is 6.42 Å². The van der Waals surface area contributed by atoms with Gasteiger partial charge in [0.25, 0.3) is 6.43 Å². The molecule has 1 N–H and O–H groups in total. The molecule has 1 aromatic heterocycles. The summed E-state index contributed by atoms with van der Waals surface area (Å²) < 4.78 is 26.5. The number of rotatable bonds is 2. The molecule has 2 heterocycles. The van der Waals surface area contributed by atoms with E-state index < -0.39 is 6.43 Å². The fraction of sp³-hybridized carbons (Fsp3) is 0.357.